The molecule has 0 nitrogen and oxygen atoms in total. The Hall–Kier alpha value is 3.65. The van der Waals surface area contributed by atoms with Crippen molar-refractivity contribution in [3.63, 3.8) is 0 Å². The molecule has 2 fully saturated rings. The topological polar surface area (TPSA) is 0 Å². The summed E-state index contributed by atoms with van der Waals surface area (Å²) in [6.07, 6.45) is 14.4. The average Bonchev–Trinajstić information content (AvgIpc) is 2.64. The molecule has 0 amide bonds. The van der Waals surface area contributed by atoms with Crippen LogP contribution >= 0.6 is 37.2 Å². The summed E-state index contributed by atoms with van der Waals surface area (Å²) in [4.78, 5) is 0. The molecular formula is C13H22I5-3. The van der Waals surface area contributed by atoms with Gasteiger partial charge in [0.25, 0.3) is 0 Å². The van der Waals surface area contributed by atoms with Crippen molar-refractivity contribution in [2.24, 2.45) is 0 Å². The zero-order valence-corrected chi connectivity index (χ0v) is 21.4. The molecule has 0 aliphatic heterocycles. The Morgan fingerprint density at radius 2 is 1.06 bits per heavy atom. The summed E-state index contributed by atoms with van der Waals surface area (Å²) in [6, 6.07) is 0. The Balaban J connectivity index is 1.79. The zero-order valence-electron chi connectivity index (χ0n) is 10.6. The summed E-state index contributed by atoms with van der Waals surface area (Å²) in [5.41, 5.74) is 0. The molecule has 2 aliphatic rings. The van der Waals surface area contributed by atoms with Gasteiger partial charge in [0.1, 0.15) is 0 Å². The molecule has 0 bridgehead atoms. The van der Waals surface area contributed by atoms with Gasteiger partial charge in [-0.3, -0.25) is 0 Å². The van der Waals surface area contributed by atoms with Crippen molar-refractivity contribution in [3.8, 4) is 0 Å². The van der Waals surface area contributed by atoms with E-state index in [0.29, 0.717) is 55.7 Å². The van der Waals surface area contributed by atoms with Gasteiger partial charge in [-0.05, 0) is 0 Å². The maximum absolute atomic E-state index is 2.74. The predicted octanol–water partition coefficient (Wildman–Crippen LogP) is -4.03. The molecule has 4 unspecified atom stereocenters. The zero-order chi connectivity index (χ0) is 12.8. The Labute approximate surface area is 163 Å². The molecule has 0 heterocycles. The molecule has 0 radical (unpaired) electrons. The van der Waals surface area contributed by atoms with Crippen LogP contribution in [-0.2, 0) is 0 Å². The van der Waals surface area contributed by atoms with Gasteiger partial charge in [0.15, 0.2) is 0 Å². The van der Waals surface area contributed by atoms with Crippen molar-refractivity contribution in [1.82, 2.24) is 0 Å². The first-order valence-electron chi connectivity index (χ1n) is 6.92. The molecule has 0 saturated heterocycles. The van der Waals surface area contributed by atoms with E-state index < -0.39 is 0 Å². The number of hydrogen-bond acceptors (Lipinski definition) is 0. The summed E-state index contributed by atoms with van der Waals surface area (Å²) >= 11 is 7.00. The van der Waals surface area contributed by atoms with Gasteiger partial charge >= 0.3 is 166 Å². The Kier molecular flexibility index (Phi) is 10.4. The van der Waals surface area contributed by atoms with Crippen LogP contribution in [0.3, 0.4) is 0 Å². The van der Waals surface area contributed by atoms with Crippen LogP contribution in [0, 0.1) is 0 Å². The third kappa shape index (κ3) is 6.41. The van der Waals surface area contributed by atoms with Crippen LogP contribution in [0.4, 0.5) is 0 Å². The van der Waals surface area contributed by atoms with E-state index >= 15 is 0 Å². The molecule has 0 spiro atoms. The van der Waals surface area contributed by atoms with Crippen molar-refractivity contribution >= 4 is 37.2 Å². The molecule has 4 atom stereocenters. The summed E-state index contributed by atoms with van der Waals surface area (Å²) < 4.78 is 4.84. The predicted molar refractivity (Wildman–Crippen MR) is 84.7 cm³/mol. The molecule has 5 heteroatoms. The SMILES string of the molecule is I[I-]C1CCCCC([I-]C2CCCC([I-]I)C2)C1. The van der Waals surface area contributed by atoms with Gasteiger partial charge in [-0.15, -0.1) is 0 Å². The minimum atomic E-state index is 0.496. The number of alkyl halides is 4. The van der Waals surface area contributed by atoms with E-state index in [9.17, 15) is 0 Å². The third-order valence-corrected chi connectivity index (χ3v) is 20.8. The minimum absolute atomic E-state index is 0.496. The van der Waals surface area contributed by atoms with Crippen LogP contribution < -0.4 is 55.7 Å². The molecule has 0 aromatic carbocycles. The van der Waals surface area contributed by atoms with Gasteiger partial charge < -0.3 is 0 Å². The van der Waals surface area contributed by atoms with Gasteiger partial charge in [0.2, 0.25) is 0 Å². The van der Waals surface area contributed by atoms with Crippen LogP contribution in [0.1, 0.15) is 57.8 Å². The second kappa shape index (κ2) is 10.4. The van der Waals surface area contributed by atoms with E-state index in [1.807, 2.05) is 0 Å². The first kappa shape index (κ1) is 18.0. The van der Waals surface area contributed by atoms with Gasteiger partial charge in [0.05, 0.1) is 0 Å². The molecule has 2 saturated carbocycles. The fourth-order valence-corrected chi connectivity index (χ4v) is 18.4. The maximum atomic E-state index is 2.74. The van der Waals surface area contributed by atoms with Gasteiger partial charge in [0, 0.05) is 0 Å². The Morgan fingerprint density at radius 1 is 0.611 bits per heavy atom. The standard InChI is InChI=1S/C13H22I5/c14-17-12-5-2-1-4-10(8-12)16-11-6-3-7-13(9-11)18-15/h10-13H,1-9H2/q-3. The van der Waals surface area contributed by atoms with Crippen LogP contribution in [0.2, 0.25) is 0 Å². The van der Waals surface area contributed by atoms with Crippen LogP contribution in [0.15, 0.2) is 0 Å². The Bertz CT molecular complexity index is 235. The number of rotatable bonds is 4. The van der Waals surface area contributed by atoms with E-state index in [-0.39, 0.29) is 0 Å². The first-order chi connectivity index (χ1) is 8.81. The van der Waals surface area contributed by atoms with Gasteiger partial charge in [-0.1, -0.05) is 0 Å². The fourth-order valence-electron chi connectivity index (χ4n) is 2.95. The second-order valence-electron chi connectivity index (χ2n) is 5.37. The van der Waals surface area contributed by atoms with Gasteiger partial charge in [-0.25, -0.2) is 0 Å². The molecule has 112 valence electrons. The summed E-state index contributed by atoms with van der Waals surface area (Å²) in [5, 5.41) is 0. The second-order valence-corrected chi connectivity index (χ2v) is 20.4. The van der Waals surface area contributed by atoms with Crippen molar-refractivity contribution in [1.29, 1.82) is 0 Å². The van der Waals surface area contributed by atoms with Crippen molar-refractivity contribution in [2.45, 2.75) is 73.5 Å². The van der Waals surface area contributed by atoms with Crippen molar-refractivity contribution < 1.29 is 55.7 Å². The quantitative estimate of drug-likeness (QED) is 0.155. The van der Waals surface area contributed by atoms with E-state index in [0.717, 1.165) is 0 Å². The molecule has 0 aromatic rings. The molecule has 2 rings (SSSR count). The number of halogens is 5. The monoisotopic (exact) mass is 813 g/mol. The summed E-state index contributed by atoms with van der Waals surface area (Å²) in [5.74, 6) is 0. The van der Waals surface area contributed by atoms with Crippen LogP contribution in [-0.4, -0.2) is 15.7 Å². The molecule has 18 heavy (non-hydrogen) atoms. The molecule has 0 aromatic heterocycles. The Morgan fingerprint density at radius 3 is 1.61 bits per heavy atom. The average molecular weight is 813 g/mol. The van der Waals surface area contributed by atoms with E-state index in [1.165, 1.54) is 15.7 Å². The van der Waals surface area contributed by atoms with Crippen LogP contribution in [0.25, 0.3) is 0 Å². The molecular weight excluding hydrogens is 791 g/mol. The van der Waals surface area contributed by atoms with Crippen molar-refractivity contribution in [2.75, 3.05) is 0 Å². The summed E-state index contributed by atoms with van der Waals surface area (Å²) in [6.45, 7) is 0. The normalized spacial score (nSPS) is 39.0. The first-order valence-corrected chi connectivity index (χ1v) is 24.5. The fraction of sp³-hybridized carbons (Fsp3) is 1.00. The third-order valence-electron chi connectivity index (χ3n) is 3.93. The van der Waals surface area contributed by atoms with E-state index in [4.69, 9.17) is 0 Å². The van der Waals surface area contributed by atoms with Crippen LogP contribution in [0.5, 0.6) is 0 Å². The number of hydrogen-bond donors (Lipinski definition) is 0. The summed E-state index contributed by atoms with van der Waals surface area (Å²) in [7, 11) is 0. The van der Waals surface area contributed by atoms with Crippen molar-refractivity contribution in [3.05, 3.63) is 0 Å². The van der Waals surface area contributed by atoms with E-state index in [1.54, 1.807) is 57.8 Å². The molecule has 0 N–H and O–H groups in total. The molecule has 2 aliphatic carbocycles. The van der Waals surface area contributed by atoms with Gasteiger partial charge in [-0.2, -0.15) is 0 Å². The van der Waals surface area contributed by atoms with E-state index in [2.05, 4.69) is 37.2 Å².